The highest BCUT2D eigenvalue weighted by Crippen LogP contribution is 2.26. The summed E-state index contributed by atoms with van der Waals surface area (Å²) >= 11 is 1.34. The Morgan fingerprint density at radius 1 is 1.42 bits per heavy atom. The number of rotatable bonds is 3. The molecule has 2 N–H and O–H groups in total. The Balaban J connectivity index is 1.77. The minimum absolute atomic E-state index is 0.182. The van der Waals surface area contributed by atoms with Crippen LogP contribution in [0.3, 0.4) is 0 Å². The number of carbonyl (C=O) groups excluding carboxylic acids is 1. The number of amides is 1. The maximum Gasteiger partial charge on any atom is 0.261 e. The summed E-state index contributed by atoms with van der Waals surface area (Å²) < 4.78 is 14.0. The Hall–Kier alpha value is -2.21. The van der Waals surface area contributed by atoms with Crippen LogP contribution in [0.4, 0.5) is 4.39 Å². The van der Waals surface area contributed by atoms with Gasteiger partial charge in [0.15, 0.2) is 0 Å². The number of halogens is 1. The Bertz CT molecular complexity index is 721. The van der Waals surface area contributed by atoms with Crippen LogP contribution in [0.1, 0.15) is 15.5 Å². The first-order valence-electron chi connectivity index (χ1n) is 5.68. The summed E-state index contributed by atoms with van der Waals surface area (Å²) in [6.07, 6.45) is 3.33. The van der Waals surface area contributed by atoms with Gasteiger partial charge in [-0.05, 0) is 29.7 Å². The van der Waals surface area contributed by atoms with Crippen molar-refractivity contribution in [1.29, 1.82) is 0 Å². The fourth-order valence-electron chi connectivity index (χ4n) is 1.77. The van der Waals surface area contributed by atoms with Gasteiger partial charge in [0.25, 0.3) is 5.91 Å². The van der Waals surface area contributed by atoms with Crippen LogP contribution >= 0.6 is 11.3 Å². The molecule has 0 aliphatic heterocycles. The fraction of sp³-hybridized carbons (Fsp3) is 0.0769. The number of nitrogens with zero attached hydrogens (tertiary/aromatic N) is 1. The van der Waals surface area contributed by atoms with Crippen LogP contribution < -0.4 is 5.32 Å². The summed E-state index contributed by atoms with van der Waals surface area (Å²) in [6, 6.07) is 6.19. The molecule has 0 aliphatic carbocycles. The number of fused-ring (bicyclic) bond motifs is 1. The van der Waals surface area contributed by atoms with Gasteiger partial charge in [-0.3, -0.25) is 4.79 Å². The average Bonchev–Trinajstić information content (AvgIpc) is 3.04. The number of imidazole rings is 1. The van der Waals surface area contributed by atoms with E-state index in [4.69, 9.17) is 0 Å². The maximum atomic E-state index is 13.1. The number of H-pyrrole nitrogens is 1. The van der Waals surface area contributed by atoms with Crippen LogP contribution in [0, 0.1) is 5.82 Å². The summed E-state index contributed by atoms with van der Waals surface area (Å²) in [4.78, 5) is 19.4. The minimum Gasteiger partial charge on any atom is -0.347 e. The van der Waals surface area contributed by atoms with Crippen LogP contribution in [0.5, 0.6) is 0 Å². The molecule has 19 heavy (non-hydrogen) atoms. The first-order valence-corrected chi connectivity index (χ1v) is 6.49. The molecule has 3 rings (SSSR count). The Morgan fingerprint density at radius 3 is 3.11 bits per heavy atom. The van der Waals surface area contributed by atoms with Gasteiger partial charge in [-0.2, -0.15) is 0 Å². The van der Waals surface area contributed by atoms with Gasteiger partial charge in [0, 0.05) is 17.1 Å². The van der Waals surface area contributed by atoms with E-state index in [0.717, 1.165) is 10.1 Å². The van der Waals surface area contributed by atoms with E-state index in [1.807, 2.05) is 0 Å². The second-order valence-corrected chi connectivity index (χ2v) is 5.10. The van der Waals surface area contributed by atoms with E-state index in [1.165, 1.54) is 23.5 Å². The molecule has 3 aromatic rings. The summed E-state index contributed by atoms with van der Waals surface area (Å²) in [7, 11) is 0. The first-order chi connectivity index (χ1) is 9.22. The van der Waals surface area contributed by atoms with E-state index in [0.29, 0.717) is 17.2 Å². The molecule has 6 heteroatoms. The number of thiophene rings is 1. The molecule has 0 fully saturated rings. The maximum absolute atomic E-state index is 13.1. The Morgan fingerprint density at radius 2 is 2.32 bits per heavy atom. The van der Waals surface area contributed by atoms with Gasteiger partial charge in [0.2, 0.25) is 0 Å². The zero-order valence-electron chi connectivity index (χ0n) is 9.81. The number of aromatic amines is 1. The average molecular weight is 275 g/mol. The van der Waals surface area contributed by atoms with Gasteiger partial charge in [-0.25, -0.2) is 9.37 Å². The molecule has 0 bridgehead atoms. The summed E-state index contributed by atoms with van der Waals surface area (Å²) in [5.74, 6) is 0.214. The Labute approximate surface area is 112 Å². The van der Waals surface area contributed by atoms with E-state index in [-0.39, 0.29) is 11.7 Å². The van der Waals surface area contributed by atoms with E-state index in [9.17, 15) is 9.18 Å². The second kappa shape index (κ2) is 4.81. The molecule has 0 atom stereocenters. The summed E-state index contributed by atoms with van der Waals surface area (Å²) in [5, 5.41) is 3.50. The van der Waals surface area contributed by atoms with Crippen LogP contribution in [-0.2, 0) is 6.54 Å². The van der Waals surface area contributed by atoms with Crippen molar-refractivity contribution in [2.75, 3.05) is 0 Å². The molecule has 0 saturated carbocycles. The highest BCUT2D eigenvalue weighted by atomic mass is 32.1. The van der Waals surface area contributed by atoms with Crippen molar-refractivity contribution < 1.29 is 9.18 Å². The van der Waals surface area contributed by atoms with Crippen LogP contribution in [-0.4, -0.2) is 15.9 Å². The van der Waals surface area contributed by atoms with Crippen molar-refractivity contribution in [3.8, 4) is 0 Å². The van der Waals surface area contributed by atoms with Crippen molar-refractivity contribution in [3.63, 3.8) is 0 Å². The lowest BCUT2D eigenvalue weighted by Gasteiger charge is -1.99. The van der Waals surface area contributed by atoms with Gasteiger partial charge in [0.1, 0.15) is 11.6 Å². The number of benzene rings is 1. The first kappa shape index (κ1) is 11.9. The third-order valence-corrected chi connectivity index (χ3v) is 3.79. The van der Waals surface area contributed by atoms with Crippen LogP contribution in [0.15, 0.2) is 36.7 Å². The molecule has 0 unspecified atom stereocenters. The largest absolute Gasteiger partial charge is 0.347 e. The topological polar surface area (TPSA) is 57.8 Å². The monoisotopic (exact) mass is 275 g/mol. The molecule has 0 spiro atoms. The summed E-state index contributed by atoms with van der Waals surface area (Å²) in [5.41, 5.74) is 0. The Kier molecular flexibility index (Phi) is 3.00. The van der Waals surface area contributed by atoms with E-state index >= 15 is 0 Å². The second-order valence-electron chi connectivity index (χ2n) is 4.01. The van der Waals surface area contributed by atoms with Gasteiger partial charge in [-0.1, -0.05) is 0 Å². The number of carbonyl (C=O) groups is 1. The quantitative estimate of drug-likeness (QED) is 0.772. The van der Waals surface area contributed by atoms with E-state index in [2.05, 4.69) is 15.3 Å². The molecule has 1 aromatic carbocycles. The van der Waals surface area contributed by atoms with Gasteiger partial charge in [-0.15, -0.1) is 11.3 Å². The summed E-state index contributed by atoms with van der Waals surface area (Å²) in [6.45, 7) is 0.342. The third kappa shape index (κ3) is 2.48. The van der Waals surface area contributed by atoms with Gasteiger partial charge in [0.05, 0.1) is 11.4 Å². The molecular weight excluding hydrogens is 265 g/mol. The zero-order chi connectivity index (χ0) is 13.2. The van der Waals surface area contributed by atoms with Crippen LogP contribution in [0.25, 0.3) is 10.1 Å². The molecule has 1 amide bonds. The van der Waals surface area contributed by atoms with Crippen molar-refractivity contribution in [2.24, 2.45) is 0 Å². The van der Waals surface area contributed by atoms with Crippen molar-refractivity contribution in [3.05, 3.63) is 53.2 Å². The molecule has 96 valence electrons. The predicted molar refractivity (Wildman–Crippen MR) is 71.5 cm³/mol. The van der Waals surface area contributed by atoms with Crippen molar-refractivity contribution in [1.82, 2.24) is 15.3 Å². The third-order valence-electron chi connectivity index (χ3n) is 2.67. The highest BCUT2D eigenvalue weighted by molar-refractivity contribution is 7.20. The molecular formula is C13H10FN3OS. The predicted octanol–water partition coefficient (Wildman–Crippen LogP) is 2.69. The lowest BCUT2D eigenvalue weighted by atomic mass is 10.2. The van der Waals surface area contributed by atoms with Gasteiger partial charge >= 0.3 is 0 Å². The lowest BCUT2D eigenvalue weighted by Crippen LogP contribution is -2.22. The standard InChI is InChI=1S/C13H10FN3OS/c14-9-1-2-10-8(5-9)6-11(19-10)13(18)17-7-12-15-3-4-16-12/h1-6H,7H2,(H,15,16)(H,17,18). The zero-order valence-corrected chi connectivity index (χ0v) is 10.6. The van der Waals surface area contributed by atoms with E-state index in [1.54, 1.807) is 24.5 Å². The normalized spacial score (nSPS) is 10.8. The van der Waals surface area contributed by atoms with Crippen LogP contribution in [0.2, 0.25) is 0 Å². The number of hydrogen-bond acceptors (Lipinski definition) is 3. The molecule has 0 aliphatic rings. The van der Waals surface area contributed by atoms with Crippen molar-refractivity contribution >= 4 is 27.3 Å². The SMILES string of the molecule is O=C(NCc1ncc[nH]1)c1cc2cc(F)ccc2s1. The molecule has 2 aromatic heterocycles. The number of nitrogens with one attached hydrogen (secondary N) is 2. The highest BCUT2D eigenvalue weighted by Gasteiger charge is 2.10. The molecule has 2 heterocycles. The van der Waals surface area contributed by atoms with Crippen molar-refractivity contribution in [2.45, 2.75) is 6.54 Å². The van der Waals surface area contributed by atoms with E-state index < -0.39 is 0 Å². The number of aromatic nitrogens is 2. The lowest BCUT2D eigenvalue weighted by molar-refractivity contribution is 0.0954. The smallest absolute Gasteiger partial charge is 0.261 e. The fourth-order valence-corrected chi connectivity index (χ4v) is 2.73. The molecule has 0 saturated heterocycles. The van der Waals surface area contributed by atoms with Gasteiger partial charge < -0.3 is 10.3 Å². The molecule has 0 radical (unpaired) electrons. The number of hydrogen-bond donors (Lipinski definition) is 2. The minimum atomic E-state index is -0.298. The molecule has 4 nitrogen and oxygen atoms in total.